The van der Waals surface area contributed by atoms with Crippen LogP contribution in [0.15, 0.2) is 102 Å². The first-order valence-corrected chi connectivity index (χ1v) is 10.2. The first-order valence-electron chi connectivity index (χ1n) is 10.2. The largest absolute Gasteiger partial charge is 0.508 e. The van der Waals surface area contributed by atoms with Crippen molar-refractivity contribution in [2.75, 3.05) is 0 Å². The van der Waals surface area contributed by atoms with Crippen molar-refractivity contribution >= 4 is 5.84 Å². The molecule has 0 bridgehead atoms. The third-order valence-corrected chi connectivity index (χ3v) is 5.37. The lowest BCUT2D eigenvalue weighted by atomic mass is 9.87. The van der Waals surface area contributed by atoms with E-state index in [0.29, 0.717) is 5.56 Å². The normalized spacial score (nSPS) is 11.4. The van der Waals surface area contributed by atoms with E-state index in [4.69, 9.17) is 5.73 Å². The molecule has 0 spiro atoms. The third-order valence-electron chi connectivity index (χ3n) is 5.37. The molecule has 0 aliphatic heterocycles. The van der Waals surface area contributed by atoms with Crippen LogP contribution < -0.4 is 5.73 Å². The molecule has 4 nitrogen and oxygen atoms in total. The molecule has 154 valence electrons. The van der Waals surface area contributed by atoms with E-state index in [1.807, 2.05) is 66.7 Å². The van der Waals surface area contributed by atoms with Gasteiger partial charge in [-0.2, -0.15) is 0 Å². The quantitative estimate of drug-likeness (QED) is 0.168. The van der Waals surface area contributed by atoms with Crippen LogP contribution in [-0.4, -0.2) is 16.1 Å². The van der Waals surface area contributed by atoms with Crippen LogP contribution in [-0.2, 0) is 12.8 Å². The summed E-state index contributed by atoms with van der Waals surface area (Å²) in [5.41, 5.74) is 13.0. The van der Waals surface area contributed by atoms with E-state index in [0.717, 1.165) is 40.7 Å². The van der Waals surface area contributed by atoms with Gasteiger partial charge in [0.15, 0.2) is 5.84 Å². The van der Waals surface area contributed by atoms with Gasteiger partial charge in [-0.05, 0) is 58.9 Å². The zero-order chi connectivity index (χ0) is 21.6. The molecule has 0 atom stereocenters. The van der Waals surface area contributed by atoms with E-state index >= 15 is 0 Å². The minimum Gasteiger partial charge on any atom is -0.508 e. The van der Waals surface area contributed by atoms with E-state index in [1.165, 1.54) is 5.56 Å². The highest BCUT2D eigenvalue weighted by molar-refractivity contribution is 6.07. The number of oxime groups is 1. The number of hydrogen-bond acceptors (Lipinski definition) is 3. The van der Waals surface area contributed by atoms with Gasteiger partial charge in [-0.1, -0.05) is 84.0 Å². The van der Waals surface area contributed by atoms with Gasteiger partial charge in [0.05, 0.1) is 0 Å². The van der Waals surface area contributed by atoms with Crippen LogP contribution in [0.2, 0.25) is 0 Å². The van der Waals surface area contributed by atoms with Crippen LogP contribution in [0.1, 0.15) is 16.7 Å². The fraction of sp³-hybridized carbons (Fsp3) is 0.0741. The van der Waals surface area contributed by atoms with Crippen molar-refractivity contribution in [1.82, 2.24) is 0 Å². The van der Waals surface area contributed by atoms with Crippen molar-refractivity contribution in [3.63, 3.8) is 0 Å². The highest BCUT2D eigenvalue weighted by atomic mass is 16.4. The lowest BCUT2D eigenvalue weighted by Gasteiger charge is -2.18. The van der Waals surface area contributed by atoms with E-state index in [-0.39, 0.29) is 11.6 Å². The summed E-state index contributed by atoms with van der Waals surface area (Å²) in [6.45, 7) is 0. The minimum absolute atomic E-state index is 0.0699. The Morgan fingerprint density at radius 3 is 1.97 bits per heavy atom. The van der Waals surface area contributed by atoms with Crippen LogP contribution in [0.4, 0.5) is 0 Å². The second-order valence-corrected chi connectivity index (χ2v) is 7.45. The number of amidine groups is 1. The topological polar surface area (TPSA) is 78.8 Å². The molecule has 4 rings (SSSR count). The number of aryl methyl sites for hydroxylation is 2. The highest BCUT2D eigenvalue weighted by Crippen LogP contribution is 2.37. The van der Waals surface area contributed by atoms with E-state index in [2.05, 4.69) is 23.4 Å². The Balaban J connectivity index is 1.88. The number of benzene rings is 4. The van der Waals surface area contributed by atoms with Gasteiger partial charge < -0.3 is 16.0 Å². The van der Waals surface area contributed by atoms with Crippen LogP contribution in [0.25, 0.3) is 22.3 Å². The van der Waals surface area contributed by atoms with Gasteiger partial charge >= 0.3 is 0 Å². The van der Waals surface area contributed by atoms with Crippen molar-refractivity contribution in [2.24, 2.45) is 10.9 Å². The fourth-order valence-electron chi connectivity index (χ4n) is 3.82. The summed E-state index contributed by atoms with van der Waals surface area (Å²) >= 11 is 0. The Morgan fingerprint density at radius 2 is 1.32 bits per heavy atom. The highest BCUT2D eigenvalue weighted by Gasteiger charge is 2.17. The second-order valence-electron chi connectivity index (χ2n) is 7.45. The predicted octanol–water partition coefficient (Wildman–Crippen LogP) is 5.61. The molecular weight excluding hydrogens is 384 g/mol. The Morgan fingerprint density at radius 1 is 0.710 bits per heavy atom. The maximum Gasteiger partial charge on any atom is 0.170 e. The van der Waals surface area contributed by atoms with Crippen LogP contribution >= 0.6 is 0 Å². The third kappa shape index (κ3) is 4.59. The SMILES string of the molecule is N/C(=N\O)c1cc(CCc2ccccc2)cc(-c2ccc(O)cc2)c1-c1ccccc1. The Kier molecular flexibility index (Phi) is 5.99. The number of rotatable bonds is 6. The van der Waals surface area contributed by atoms with Crippen molar-refractivity contribution < 1.29 is 10.3 Å². The maximum atomic E-state index is 9.76. The van der Waals surface area contributed by atoms with Crippen LogP contribution in [0, 0.1) is 0 Å². The molecule has 4 heteroatoms. The standard InChI is InChI=1S/C27H24N2O2/c28-27(29-31)25-18-20(12-11-19-7-3-1-4-8-19)17-24(21-13-15-23(30)16-14-21)26(25)22-9-5-2-6-10-22/h1-10,13-18,30-31H,11-12H2,(H2,28,29). The van der Waals surface area contributed by atoms with Crippen molar-refractivity contribution in [2.45, 2.75) is 12.8 Å². The van der Waals surface area contributed by atoms with E-state index in [1.54, 1.807) is 12.1 Å². The number of phenols is 1. The number of hydrogen-bond donors (Lipinski definition) is 3. The summed E-state index contributed by atoms with van der Waals surface area (Å²) in [4.78, 5) is 0. The summed E-state index contributed by atoms with van der Waals surface area (Å²) in [6.07, 6.45) is 1.70. The number of aromatic hydroxyl groups is 1. The first kappa shape index (κ1) is 20.2. The van der Waals surface area contributed by atoms with Gasteiger partial charge in [-0.25, -0.2) is 0 Å². The lowest BCUT2D eigenvalue weighted by Crippen LogP contribution is -2.15. The molecule has 4 aromatic carbocycles. The van der Waals surface area contributed by atoms with Gasteiger partial charge in [0, 0.05) is 11.1 Å². The Labute approximate surface area is 181 Å². The molecule has 0 unspecified atom stereocenters. The molecule has 4 aromatic rings. The van der Waals surface area contributed by atoms with Crippen molar-refractivity contribution in [3.05, 3.63) is 114 Å². The fourth-order valence-corrected chi connectivity index (χ4v) is 3.82. The molecule has 0 aromatic heterocycles. The summed E-state index contributed by atoms with van der Waals surface area (Å²) in [5, 5.41) is 22.6. The summed E-state index contributed by atoms with van der Waals surface area (Å²) in [6, 6.07) is 31.5. The average molecular weight is 409 g/mol. The van der Waals surface area contributed by atoms with Crippen LogP contribution in [0.5, 0.6) is 5.75 Å². The zero-order valence-corrected chi connectivity index (χ0v) is 17.1. The van der Waals surface area contributed by atoms with E-state index < -0.39 is 0 Å². The molecule has 0 aliphatic carbocycles. The monoisotopic (exact) mass is 408 g/mol. The van der Waals surface area contributed by atoms with Crippen molar-refractivity contribution in [1.29, 1.82) is 0 Å². The molecule has 31 heavy (non-hydrogen) atoms. The Bertz CT molecular complexity index is 1190. The maximum absolute atomic E-state index is 9.76. The smallest absolute Gasteiger partial charge is 0.170 e. The van der Waals surface area contributed by atoms with Gasteiger partial charge in [0.2, 0.25) is 0 Å². The molecule has 0 amide bonds. The number of nitrogens with zero attached hydrogens (tertiary/aromatic N) is 1. The molecule has 0 aliphatic rings. The summed E-state index contributed by atoms with van der Waals surface area (Å²) in [7, 11) is 0. The van der Waals surface area contributed by atoms with Crippen molar-refractivity contribution in [3.8, 4) is 28.0 Å². The first-order chi connectivity index (χ1) is 15.2. The predicted molar refractivity (Wildman–Crippen MR) is 125 cm³/mol. The number of phenolic OH excluding ortho intramolecular Hbond substituents is 1. The molecule has 4 N–H and O–H groups in total. The summed E-state index contributed by atoms with van der Waals surface area (Å²) < 4.78 is 0. The second kappa shape index (κ2) is 9.18. The molecule has 0 radical (unpaired) electrons. The molecule has 0 heterocycles. The summed E-state index contributed by atoms with van der Waals surface area (Å²) in [5.74, 6) is 0.280. The van der Waals surface area contributed by atoms with E-state index in [9.17, 15) is 10.3 Å². The average Bonchev–Trinajstić information content (AvgIpc) is 2.83. The zero-order valence-electron chi connectivity index (χ0n) is 17.1. The van der Waals surface area contributed by atoms with Gasteiger partial charge in [0.25, 0.3) is 0 Å². The van der Waals surface area contributed by atoms with Gasteiger partial charge in [-0.3, -0.25) is 0 Å². The van der Waals surface area contributed by atoms with Crippen LogP contribution in [0.3, 0.4) is 0 Å². The molecule has 0 saturated heterocycles. The molecule has 0 fully saturated rings. The number of nitrogens with two attached hydrogens (primary N) is 1. The molecular formula is C27H24N2O2. The van der Waals surface area contributed by atoms with Gasteiger partial charge in [0.1, 0.15) is 5.75 Å². The minimum atomic E-state index is 0.0699. The van der Waals surface area contributed by atoms with Gasteiger partial charge in [-0.15, -0.1) is 0 Å². The lowest BCUT2D eigenvalue weighted by molar-refractivity contribution is 0.318. The Hall–Kier alpha value is -4.05. The molecule has 0 saturated carbocycles.